The molecule has 1 N–H and O–H groups in total. The average molecular weight is 725 g/mol. The van der Waals surface area contributed by atoms with Crippen LogP contribution in [0.1, 0.15) is 106 Å². The number of fused-ring (bicyclic) bond motifs is 5. The van der Waals surface area contributed by atoms with Crippen LogP contribution in [0.4, 0.5) is 0 Å². The van der Waals surface area contributed by atoms with E-state index in [0.717, 1.165) is 38.5 Å². The van der Waals surface area contributed by atoms with Crippen LogP contribution in [0, 0.1) is 46.3 Å². The molecule has 4 saturated carbocycles. The molecule has 0 heterocycles. The fraction of sp³-hybridized carbons (Fsp3) is 0.974. The second-order valence-electron chi connectivity index (χ2n) is 20.9. The van der Waals surface area contributed by atoms with Crippen LogP contribution in [-0.2, 0) is 22.8 Å². The first-order valence-electron chi connectivity index (χ1n) is 19.6. The highest BCUT2D eigenvalue weighted by Crippen LogP contribution is 2.70. The van der Waals surface area contributed by atoms with Crippen LogP contribution in [0.25, 0.3) is 0 Å². The van der Waals surface area contributed by atoms with Gasteiger partial charge in [0.15, 0.2) is 25.0 Å². The van der Waals surface area contributed by atoms with Gasteiger partial charge < -0.3 is 23.1 Å². The van der Waals surface area contributed by atoms with Crippen molar-refractivity contribution in [3.05, 3.63) is 0 Å². The number of hydrogen-bond acceptors (Lipinski definition) is 6. The number of carbonyl (C=O) groups is 1. The number of rotatable bonds is 12. The van der Waals surface area contributed by atoms with Crippen LogP contribution in [0.15, 0.2) is 0 Å². The first kappa shape index (κ1) is 40.7. The van der Waals surface area contributed by atoms with E-state index in [1.54, 1.807) is 0 Å². The van der Waals surface area contributed by atoms with Gasteiger partial charge in [-0.25, -0.2) is 0 Å². The molecule has 4 aliphatic rings. The summed E-state index contributed by atoms with van der Waals surface area (Å²) in [5.74, 6) is 2.72. The molecule has 0 radical (unpaired) electrons. The van der Waals surface area contributed by atoms with Crippen molar-refractivity contribution in [3.63, 3.8) is 0 Å². The predicted molar refractivity (Wildman–Crippen MR) is 206 cm³/mol. The average Bonchev–Trinajstić information content (AvgIpc) is 3.25. The Morgan fingerprint density at radius 1 is 0.812 bits per heavy atom. The third-order valence-electron chi connectivity index (χ3n) is 13.8. The molecule has 280 valence electrons. The molecule has 4 aliphatic carbocycles. The summed E-state index contributed by atoms with van der Waals surface area (Å²) in [7, 11) is -5.57. The highest BCUT2D eigenvalue weighted by Gasteiger charge is 2.70. The molecule has 12 atom stereocenters. The van der Waals surface area contributed by atoms with Gasteiger partial charge >= 0.3 is 5.97 Å². The fourth-order valence-electron chi connectivity index (χ4n) is 11.4. The maximum absolute atomic E-state index is 13.2. The molecule has 0 amide bonds. The second-order valence-corrected chi connectivity index (χ2v) is 34.3. The Morgan fingerprint density at radius 2 is 1.38 bits per heavy atom. The summed E-state index contributed by atoms with van der Waals surface area (Å²) in [6.45, 7) is 36.2. The largest absolute Gasteiger partial charge is 0.460 e. The maximum Gasteiger partial charge on any atom is 0.303 e. The van der Waals surface area contributed by atoms with E-state index in [2.05, 4.69) is 100 Å². The number of ether oxygens (including phenoxy) is 1. The molecule has 9 heteroatoms. The van der Waals surface area contributed by atoms with Crippen molar-refractivity contribution in [1.29, 1.82) is 0 Å². The number of carbonyl (C=O) groups excluding carboxylic acids is 1. The molecule has 4 rings (SSSR count). The van der Waals surface area contributed by atoms with Crippen molar-refractivity contribution >= 4 is 30.9 Å². The Bertz CT molecular complexity index is 1140. The minimum atomic E-state index is -1.95. The van der Waals surface area contributed by atoms with Gasteiger partial charge in [-0.1, -0.05) is 34.1 Å². The van der Waals surface area contributed by atoms with E-state index in [4.69, 9.17) is 18.0 Å². The molecule has 48 heavy (non-hydrogen) atoms. The summed E-state index contributed by atoms with van der Waals surface area (Å²) in [5.41, 5.74) is -1.51. The van der Waals surface area contributed by atoms with E-state index in [1.807, 2.05) is 0 Å². The molecule has 0 saturated heterocycles. The molecular formula is C39H76O6Si3. The highest BCUT2D eigenvalue weighted by molar-refractivity contribution is 6.70. The molecule has 0 aliphatic heterocycles. The third kappa shape index (κ3) is 8.27. The van der Waals surface area contributed by atoms with Gasteiger partial charge in [-0.05, 0) is 159 Å². The smallest absolute Gasteiger partial charge is 0.303 e. The zero-order chi connectivity index (χ0) is 36.5. The van der Waals surface area contributed by atoms with Crippen LogP contribution in [0.2, 0.25) is 58.9 Å². The first-order valence-corrected chi connectivity index (χ1v) is 29.8. The fourth-order valence-corrected chi connectivity index (χ4v) is 15.0. The topological polar surface area (TPSA) is 74.2 Å². The lowest BCUT2D eigenvalue weighted by Crippen LogP contribution is -2.71. The van der Waals surface area contributed by atoms with Crippen LogP contribution in [0.5, 0.6) is 0 Å². The molecule has 6 nitrogen and oxygen atoms in total. The van der Waals surface area contributed by atoms with Crippen molar-refractivity contribution in [2.45, 2.75) is 195 Å². The predicted octanol–water partition coefficient (Wildman–Crippen LogP) is 10.0. The van der Waals surface area contributed by atoms with Crippen molar-refractivity contribution in [3.8, 4) is 0 Å². The van der Waals surface area contributed by atoms with E-state index in [0.29, 0.717) is 36.0 Å². The van der Waals surface area contributed by atoms with Crippen molar-refractivity contribution in [2.75, 3.05) is 0 Å². The molecule has 0 unspecified atom stereocenters. The van der Waals surface area contributed by atoms with Gasteiger partial charge in [0, 0.05) is 24.9 Å². The Morgan fingerprint density at radius 3 is 1.92 bits per heavy atom. The second kappa shape index (κ2) is 13.7. The zero-order valence-corrected chi connectivity index (χ0v) is 37.0. The van der Waals surface area contributed by atoms with Crippen LogP contribution in [0.3, 0.4) is 0 Å². The lowest BCUT2D eigenvalue weighted by Gasteiger charge is -2.68. The van der Waals surface area contributed by atoms with Crippen molar-refractivity contribution in [1.82, 2.24) is 0 Å². The molecule has 4 fully saturated rings. The van der Waals surface area contributed by atoms with E-state index in [-0.39, 0.29) is 41.0 Å². The van der Waals surface area contributed by atoms with Gasteiger partial charge in [-0.3, -0.25) is 4.79 Å². The molecule has 0 aromatic rings. The minimum absolute atomic E-state index is 0.0865. The normalized spacial score (nSPS) is 40.4. The van der Waals surface area contributed by atoms with E-state index < -0.39 is 36.2 Å². The Balaban J connectivity index is 1.69. The SMILES string of the molecule is CC(=O)OC(C)(C)[C@@H](C)CC[C@@H](C)[C@H]1CC[C@H]2[C@@H]3C[C@@H](O[Si](C)(C)C)[C@@]4(O)C[C@@H](O[Si](C)(C)C)CC[C@]4(C)[C@H]3C[C@@H](O[Si](C)(C)C)[C@]12C. The van der Waals surface area contributed by atoms with Crippen LogP contribution >= 0.6 is 0 Å². The van der Waals surface area contributed by atoms with Gasteiger partial charge in [-0.2, -0.15) is 0 Å². The minimum Gasteiger partial charge on any atom is -0.460 e. The first-order chi connectivity index (χ1) is 21.6. The maximum atomic E-state index is 13.2. The lowest BCUT2D eigenvalue weighted by molar-refractivity contribution is -0.269. The monoisotopic (exact) mass is 724 g/mol. The van der Waals surface area contributed by atoms with E-state index in [1.165, 1.54) is 19.8 Å². The quantitative estimate of drug-likeness (QED) is 0.160. The van der Waals surface area contributed by atoms with Crippen LogP contribution in [-0.4, -0.2) is 65.5 Å². The molecule has 0 aromatic heterocycles. The van der Waals surface area contributed by atoms with Crippen LogP contribution < -0.4 is 0 Å². The number of esters is 1. The third-order valence-corrected chi connectivity index (χ3v) is 16.8. The summed E-state index contributed by atoms with van der Waals surface area (Å²) >= 11 is 0. The summed E-state index contributed by atoms with van der Waals surface area (Å²) in [6, 6.07) is 0. The summed E-state index contributed by atoms with van der Waals surface area (Å²) in [4.78, 5) is 11.8. The van der Waals surface area contributed by atoms with Gasteiger partial charge in [0.25, 0.3) is 0 Å². The van der Waals surface area contributed by atoms with Gasteiger partial charge in [0.2, 0.25) is 0 Å². The van der Waals surface area contributed by atoms with E-state index in [9.17, 15) is 9.90 Å². The van der Waals surface area contributed by atoms with Crippen molar-refractivity contribution in [2.24, 2.45) is 46.3 Å². The summed E-state index contributed by atoms with van der Waals surface area (Å²) < 4.78 is 26.9. The number of aliphatic hydroxyl groups is 1. The lowest BCUT2D eigenvalue weighted by atomic mass is 9.41. The Labute approximate surface area is 299 Å². The van der Waals surface area contributed by atoms with Gasteiger partial charge in [0.05, 0.1) is 17.8 Å². The molecule has 0 spiro atoms. The Kier molecular flexibility index (Phi) is 11.7. The standard InChI is InChI=1S/C39H76O6Si3/c1-26(17-18-27(2)36(4,5)42-28(3)40)31-19-20-32-30-23-35(45-48(14,15)16)39(41)25-29(43-46(8,9)10)21-22-37(39,6)33(30)24-34(38(31,32)7)44-47(11,12)13/h26-27,29-35,41H,17-25H2,1-16H3/t26-,27+,29+,30+,31-,32+,33+,34-,35-,37-,38-,39+/m1/s1. The van der Waals surface area contributed by atoms with Crippen molar-refractivity contribution < 1.29 is 27.9 Å². The summed E-state index contributed by atoms with van der Waals surface area (Å²) in [6.07, 6.45) is 9.50. The zero-order valence-electron chi connectivity index (χ0n) is 34.0. The van der Waals surface area contributed by atoms with Gasteiger partial charge in [-0.15, -0.1) is 0 Å². The highest BCUT2D eigenvalue weighted by atomic mass is 28.4. The molecule has 0 aromatic carbocycles. The summed E-state index contributed by atoms with van der Waals surface area (Å²) in [5, 5.41) is 13.2. The Hall–Kier alpha value is -0.0394. The number of hydrogen-bond donors (Lipinski definition) is 1. The molecule has 0 bridgehead atoms. The molecular weight excluding hydrogens is 649 g/mol. The van der Waals surface area contributed by atoms with Gasteiger partial charge in [0.1, 0.15) is 5.60 Å². The van der Waals surface area contributed by atoms with E-state index >= 15 is 0 Å².